The van der Waals surface area contributed by atoms with Gasteiger partial charge in [0.25, 0.3) is 5.91 Å². The summed E-state index contributed by atoms with van der Waals surface area (Å²) in [6.45, 7) is 1.16. The van der Waals surface area contributed by atoms with Crippen LogP contribution in [0.1, 0.15) is 6.92 Å². The summed E-state index contributed by atoms with van der Waals surface area (Å²) in [5.74, 6) is -1.97. The van der Waals surface area contributed by atoms with Gasteiger partial charge in [-0.15, -0.1) is 0 Å². The lowest BCUT2D eigenvalue weighted by Gasteiger charge is -2.34. The lowest BCUT2D eigenvalue weighted by atomic mass is 10.0. The quantitative estimate of drug-likeness (QED) is 0.630. The molecule has 1 amide bonds. The number of anilines is 1. The molecule has 2 rings (SSSR count). The molecule has 0 fully saturated rings. The number of hydrogen-bond acceptors (Lipinski definition) is 4. The van der Waals surface area contributed by atoms with Crippen LogP contribution < -0.4 is 15.2 Å². The van der Waals surface area contributed by atoms with Crippen LogP contribution in [0, 0.1) is 0 Å². The smallest absolute Gasteiger partial charge is 0.274 e. The van der Waals surface area contributed by atoms with Crippen molar-refractivity contribution in [2.24, 2.45) is 0 Å². The fraction of sp³-hybridized carbons (Fsp3) is 0.200. The van der Waals surface area contributed by atoms with Gasteiger partial charge in [-0.3, -0.25) is 4.79 Å². The number of carboxylic acid groups (broad SMARTS) is 1. The second kappa shape index (κ2) is 2.98. The maximum atomic E-state index is 11.5. The molecule has 0 saturated heterocycles. The standard InChI is InChI=1S/C10H9NO4/c1-10(9(13)14)8(12)11-6-4-2-3-5-7(6)15-10/h2-5H,1H3,(H,11,12)(H,13,14)/p-1/t10-/m0/s1. The van der Waals surface area contributed by atoms with Crippen LogP contribution in [0.15, 0.2) is 24.3 Å². The van der Waals surface area contributed by atoms with Crippen molar-refractivity contribution in [3.63, 3.8) is 0 Å². The van der Waals surface area contributed by atoms with Gasteiger partial charge in [0.1, 0.15) is 5.75 Å². The van der Waals surface area contributed by atoms with E-state index in [0.29, 0.717) is 11.4 Å². The Morgan fingerprint density at radius 3 is 2.80 bits per heavy atom. The molecule has 1 aliphatic heterocycles. The Morgan fingerprint density at radius 2 is 2.13 bits per heavy atom. The zero-order valence-electron chi connectivity index (χ0n) is 7.94. The number of carbonyl (C=O) groups excluding carboxylic acids is 2. The zero-order valence-corrected chi connectivity index (χ0v) is 7.94. The molecule has 0 aliphatic carbocycles. The van der Waals surface area contributed by atoms with Crippen LogP contribution in [0.2, 0.25) is 0 Å². The van der Waals surface area contributed by atoms with Crippen molar-refractivity contribution in [1.29, 1.82) is 0 Å². The van der Waals surface area contributed by atoms with Crippen LogP contribution >= 0.6 is 0 Å². The maximum Gasteiger partial charge on any atom is 0.274 e. The first-order chi connectivity index (χ1) is 7.04. The van der Waals surface area contributed by atoms with Gasteiger partial charge in [0.05, 0.1) is 11.7 Å². The average molecular weight is 206 g/mol. The Balaban J connectivity index is 2.46. The SMILES string of the molecule is C[C@]1(C(=O)[O-])Oc2ccccc2NC1=O. The Morgan fingerprint density at radius 1 is 1.47 bits per heavy atom. The minimum Gasteiger partial charge on any atom is -0.545 e. The molecule has 5 heteroatoms. The maximum absolute atomic E-state index is 11.5. The molecular weight excluding hydrogens is 198 g/mol. The van der Waals surface area contributed by atoms with Gasteiger partial charge in [-0.2, -0.15) is 0 Å². The molecule has 1 aliphatic rings. The number of rotatable bonds is 1. The number of carboxylic acids is 1. The van der Waals surface area contributed by atoms with E-state index in [9.17, 15) is 14.7 Å². The molecular formula is C10H8NO4-. The highest BCUT2D eigenvalue weighted by atomic mass is 16.5. The Labute approximate surface area is 85.7 Å². The molecule has 15 heavy (non-hydrogen) atoms. The van der Waals surface area contributed by atoms with Crippen molar-refractivity contribution in [3.05, 3.63) is 24.3 Å². The van der Waals surface area contributed by atoms with E-state index in [1.54, 1.807) is 24.3 Å². The van der Waals surface area contributed by atoms with Crippen LogP contribution in [0.25, 0.3) is 0 Å². The van der Waals surface area contributed by atoms with E-state index < -0.39 is 17.5 Å². The monoisotopic (exact) mass is 206 g/mol. The van der Waals surface area contributed by atoms with Crippen LogP contribution in [0.5, 0.6) is 5.75 Å². The zero-order chi connectivity index (χ0) is 11.1. The number of ether oxygens (including phenoxy) is 1. The van der Waals surface area contributed by atoms with Gasteiger partial charge in [0, 0.05) is 0 Å². The summed E-state index contributed by atoms with van der Waals surface area (Å²) in [5, 5.41) is 13.2. The van der Waals surface area contributed by atoms with Crippen molar-refractivity contribution in [3.8, 4) is 5.75 Å². The van der Waals surface area contributed by atoms with E-state index in [4.69, 9.17) is 4.74 Å². The first-order valence-corrected chi connectivity index (χ1v) is 4.35. The van der Waals surface area contributed by atoms with Crippen molar-refractivity contribution in [1.82, 2.24) is 0 Å². The van der Waals surface area contributed by atoms with Crippen molar-refractivity contribution in [2.45, 2.75) is 12.5 Å². The minimum absolute atomic E-state index is 0.323. The summed E-state index contributed by atoms with van der Waals surface area (Å²) in [4.78, 5) is 22.3. The second-order valence-electron chi connectivity index (χ2n) is 3.37. The van der Waals surface area contributed by atoms with Gasteiger partial charge in [-0.05, 0) is 19.1 Å². The van der Waals surface area contributed by atoms with Gasteiger partial charge in [-0.1, -0.05) is 12.1 Å². The lowest BCUT2D eigenvalue weighted by molar-refractivity contribution is -0.318. The van der Waals surface area contributed by atoms with Gasteiger partial charge < -0.3 is 20.0 Å². The predicted molar refractivity (Wildman–Crippen MR) is 49.1 cm³/mol. The van der Waals surface area contributed by atoms with Gasteiger partial charge >= 0.3 is 0 Å². The number of nitrogens with one attached hydrogen (secondary N) is 1. The van der Waals surface area contributed by atoms with Gasteiger partial charge in [-0.25, -0.2) is 0 Å². The molecule has 0 radical (unpaired) electrons. The Kier molecular flexibility index (Phi) is 1.89. The highest BCUT2D eigenvalue weighted by Gasteiger charge is 2.41. The third-order valence-electron chi connectivity index (χ3n) is 2.27. The molecule has 0 spiro atoms. The molecule has 78 valence electrons. The van der Waals surface area contributed by atoms with E-state index in [1.165, 1.54) is 0 Å². The first kappa shape index (κ1) is 9.51. The minimum atomic E-state index is -1.96. The van der Waals surface area contributed by atoms with Crippen molar-refractivity contribution < 1.29 is 19.4 Å². The van der Waals surface area contributed by atoms with E-state index in [2.05, 4.69) is 5.32 Å². The summed E-state index contributed by atoms with van der Waals surface area (Å²) in [5.41, 5.74) is -1.50. The molecule has 1 aromatic rings. The number of amides is 1. The number of para-hydroxylation sites is 2. The summed E-state index contributed by atoms with van der Waals surface area (Å²) < 4.78 is 5.12. The molecule has 5 nitrogen and oxygen atoms in total. The summed E-state index contributed by atoms with van der Waals surface area (Å²) >= 11 is 0. The average Bonchev–Trinajstić information content (AvgIpc) is 2.19. The van der Waals surface area contributed by atoms with E-state index in [-0.39, 0.29) is 0 Å². The summed E-state index contributed by atoms with van der Waals surface area (Å²) in [7, 11) is 0. The molecule has 1 N–H and O–H groups in total. The van der Waals surface area contributed by atoms with Crippen molar-refractivity contribution >= 4 is 17.6 Å². The molecule has 0 unspecified atom stereocenters. The molecule has 0 saturated carbocycles. The number of carbonyl (C=O) groups is 2. The number of benzene rings is 1. The highest BCUT2D eigenvalue weighted by molar-refractivity contribution is 6.12. The largest absolute Gasteiger partial charge is 0.545 e. The second-order valence-corrected chi connectivity index (χ2v) is 3.37. The van der Waals surface area contributed by atoms with Gasteiger partial charge in [0.2, 0.25) is 5.60 Å². The Hall–Kier alpha value is -2.04. The fourth-order valence-corrected chi connectivity index (χ4v) is 1.30. The summed E-state index contributed by atoms with van der Waals surface area (Å²) in [6.07, 6.45) is 0. The third-order valence-corrected chi connectivity index (χ3v) is 2.27. The summed E-state index contributed by atoms with van der Waals surface area (Å²) in [6, 6.07) is 6.61. The van der Waals surface area contributed by atoms with Gasteiger partial charge in [0.15, 0.2) is 0 Å². The van der Waals surface area contributed by atoms with Crippen LogP contribution in [0.3, 0.4) is 0 Å². The van der Waals surface area contributed by atoms with E-state index in [0.717, 1.165) is 6.92 Å². The molecule has 0 bridgehead atoms. The fourth-order valence-electron chi connectivity index (χ4n) is 1.30. The van der Waals surface area contributed by atoms with Crippen molar-refractivity contribution in [2.75, 3.05) is 5.32 Å². The number of fused-ring (bicyclic) bond motifs is 1. The lowest BCUT2D eigenvalue weighted by Crippen LogP contribution is -2.59. The molecule has 1 heterocycles. The normalized spacial score (nSPS) is 23.7. The molecule has 1 atom stereocenters. The molecule has 0 aromatic heterocycles. The highest BCUT2D eigenvalue weighted by Crippen LogP contribution is 2.32. The Bertz CT molecular complexity index is 443. The van der Waals surface area contributed by atoms with E-state index in [1.807, 2.05) is 0 Å². The van der Waals surface area contributed by atoms with Crippen LogP contribution in [-0.2, 0) is 9.59 Å². The van der Waals surface area contributed by atoms with Crippen LogP contribution in [0.4, 0.5) is 5.69 Å². The number of hydrogen-bond donors (Lipinski definition) is 1. The topological polar surface area (TPSA) is 78.5 Å². The van der Waals surface area contributed by atoms with E-state index >= 15 is 0 Å². The molecule has 1 aromatic carbocycles. The third kappa shape index (κ3) is 1.32. The number of aliphatic carboxylic acids is 1. The predicted octanol–water partition coefficient (Wildman–Crippen LogP) is -0.474. The first-order valence-electron chi connectivity index (χ1n) is 4.35. The van der Waals surface area contributed by atoms with Crippen LogP contribution in [-0.4, -0.2) is 17.5 Å².